The number of aryl methyl sites for hydroxylation is 1. The van der Waals surface area contributed by atoms with Gasteiger partial charge in [0.2, 0.25) is 0 Å². The summed E-state index contributed by atoms with van der Waals surface area (Å²) in [7, 11) is 0. The summed E-state index contributed by atoms with van der Waals surface area (Å²) >= 11 is 0. The second-order valence-corrected chi connectivity index (χ2v) is 3.58. The van der Waals surface area contributed by atoms with Gasteiger partial charge < -0.3 is 9.84 Å². The van der Waals surface area contributed by atoms with Crippen molar-refractivity contribution < 1.29 is 9.32 Å². The first-order valence-corrected chi connectivity index (χ1v) is 4.99. The highest BCUT2D eigenvalue weighted by molar-refractivity contribution is 5.93. The predicted molar refractivity (Wildman–Crippen MR) is 58.9 cm³/mol. The van der Waals surface area contributed by atoms with Crippen LogP contribution in [0.3, 0.4) is 0 Å². The number of nitrogens with zero attached hydrogens (tertiary/aromatic N) is 1. The Labute approximate surface area is 93.3 Å². The Hall–Kier alpha value is -2.10. The van der Waals surface area contributed by atoms with Crippen LogP contribution in [0.25, 0.3) is 0 Å². The van der Waals surface area contributed by atoms with Crippen molar-refractivity contribution in [3.05, 3.63) is 53.4 Å². The third-order valence-electron chi connectivity index (χ3n) is 2.27. The van der Waals surface area contributed by atoms with Crippen LogP contribution in [0.5, 0.6) is 0 Å². The summed E-state index contributed by atoms with van der Waals surface area (Å²) in [6, 6.07) is 8.01. The Bertz CT molecular complexity index is 460. The van der Waals surface area contributed by atoms with Crippen molar-refractivity contribution in [1.82, 2.24) is 10.5 Å². The van der Waals surface area contributed by atoms with Gasteiger partial charge in [-0.15, -0.1) is 0 Å². The summed E-state index contributed by atoms with van der Waals surface area (Å²) in [5.41, 5.74) is 2.71. The fraction of sp³-hybridized carbons (Fsp3) is 0.167. The van der Waals surface area contributed by atoms with Crippen LogP contribution in [0.4, 0.5) is 0 Å². The lowest BCUT2D eigenvalue weighted by Gasteiger charge is -2.03. The van der Waals surface area contributed by atoms with E-state index in [1.807, 2.05) is 31.2 Å². The van der Waals surface area contributed by atoms with E-state index in [2.05, 4.69) is 15.0 Å². The molecule has 0 atom stereocenters. The van der Waals surface area contributed by atoms with E-state index in [4.69, 9.17) is 0 Å². The zero-order valence-electron chi connectivity index (χ0n) is 8.93. The topological polar surface area (TPSA) is 55.1 Å². The molecule has 82 valence electrons. The minimum atomic E-state index is -0.179. The monoisotopic (exact) mass is 216 g/mol. The van der Waals surface area contributed by atoms with Gasteiger partial charge >= 0.3 is 0 Å². The van der Waals surface area contributed by atoms with Gasteiger partial charge in [0.1, 0.15) is 6.26 Å². The molecule has 0 fully saturated rings. The molecule has 1 aromatic heterocycles. The molecule has 0 bridgehead atoms. The number of benzene rings is 1. The standard InChI is InChI=1S/C12H12N2O2/c1-9-2-4-10(5-3-9)6-13-12(15)11-7-14-16-8-11/h2-5,7-8H,6H2,1H3,(H,13,15). The molecule has 1 N–H and O–H groups in total. The first-order chi connectivity index (χ1) is 7.75. The van der Waals surface area contributed by atoms with Gasteiger partial charge in [-0.05, 0) is 12.5 Å². The van der Waals surface area contributed by atoms with Crippen molar-refractivity contribution in [3.63, 3.8) is 0 Å². The average molecular weight is 216 g/mol. The zero-order valence-corrected chi connectivity index (χ0v) is 8.93. The summed E-state index contributed by atoms with van der Waals surface area (Å²) in [5, 5.41) is 6.26. The maximum absolute atomic E-state index is 11.5. The minimum Gasteiger partial charge on any atom is -0.364 e. The molecule has 1 aromatic carbocycles. The molecule has 4 nitrogen and oxygen atoms in total. The SMILES string of the molecule is Cc1ccc(CNC(=O)c2cnoc2)cc1. The van der Waals surface area contributed by atoms with Gasteiger partial charge in [-0.3, -0.25) is 4.79 Å². The second-order valence-electron chi connectivity index (χ2n) is 3.58. The van der Waals surface area contributed by atoms with Crippen molar-refractivity contribution >= 4 is 5.91 Å². The molecular formula is C12H12N2O2. The Morgan fingerprint density at radius 1 is 1.38 bits per heavy atom. The third-order valence-corrected chi connectivity index (χ3v) is 2.27. The Kier molecular flexibility index (Phi) is 3.00. The molecule has 1 heterocycles. The fourth-order valence-corrected chi connectivity index (χ4v) is 1.31. The Morgan fingerprint density at radius 3 is 2.75 bits per heavy atom. The van der Waals surface area contributed by atoms with Gasteiger partial charge in [0, 0.05) is 6.54 Å². The third kappa shape index (κ3) is 2.48. The number of aromatic nitrogens is 1. The van der Waals surface area contributed by atoms with E-state index in [0.717, 1.165) is 5.56 Å². The Morgan fingerprint density at radius 2 is 2.12 bits per heavy atom. The maximum Gasteiger partial charge on any atom is 0.256 e. The van der Waals surface area contributed by atoms with E-state index >= 15 is 0 Å². The highest BCUT2D eigenvalue weighted by Crippen LogP contribution is 2.03. The summed E-state index contributed by atoms with van der Waals surface area (Å²) in [6.45, 7) is 2.53. The normalized spacial score (nSPS) is 10.1. The first kappa shape index (κ1) is 10.4. The molecule has 0 saturated heterocycles. The maximum atomic E-state index is 11.5. The summed E-state index contributed by atoms with van der Waals surface area (Å²) in [6.07, 6.45) is 2.72. The molecular weight excluding hydrogens is 204 g/mol. The highest BCUT2D eigenvalue weighted by atomic mass is 16.5. The van der Waals surface area contributed by atoms with E-state index in [1.165, 1.54) is 18.0 Å². The van der Waals surface area contributed by atoms with Gasteiger partial charge in [-0.25, -0.2) is 0 Å². The van der Waals surface area contributed by atoms with Crippen LogP contribution < -0.4 is 5.32 Å². The van der Waals surface area contributed by atoms with Crippen LogP contribution >= 0.6 is 0 Å². The number of carbonyl (C=O) groups excluding carboxylic acids is 1. The predicted octanol–water partition coefficient (Wildman–Crippen LogP) is 1.91. The number of hydrogen-bond donors (Lipinski definition) is 1. The van der Waals surface area contributed by atoms with Gasteiger partial charge in [-0.1, -0.05) is 35.0 Å². The molecule has 4 heteroatoms. The van der Waals surface area contributed by atoms with E-state index in [9.17, 15) is 4.79 Å². The lowest BCUT2D eigenvalue weighted by molar-refractivity contribution is 0.0950. The second kappa shape index (κ2) is 4.61. The van der Waals surface area contributed by atoms with Crippen molar-refractivity contribution in [2.75, 3.05) is 0 Å². The highest BCUT2D eigenvalue weighted by Gasteiger charge is 2.06. The summed E-state index contributed by atoms with van der Waals surface area (Å²) in [5.74, 6) is -0.179. The molecule has 0 aliphatic heterocycles. The summed E-state index contributed by atoms with van der Waals surface area (Å²) in [4.78, 5) is 11.5. The van der Waals surface area contributed by atoms with Crippen molar-refractivity contribution in [1.29, 1.82) is 0 Å². The van der Waals surface area contributed by atoms with Crippen LogP contribution in [0.2, 0.25) is 0 Å². The lowest BCUT2D eigenvalue weighted by Crippen LogP contribution is -2.22. The molecule has 1 amide bonds. The van der Waals surface area contributed by atoms with Crippen LogP contribution in [-0.4, -0.2) is 11.1 Å². The van der Waals surface area contributed by atoms with E-state index in [-0.39, 0.29) is 5.91 Å². The molecule has 0 saturated carbocycles. The van der Waals surface area contributed by atoms with Crippen LogP contribution in [0, 0.1) is 6.92 Å². The smallest absolute Gasteiger partial charge is 0.256 e. The number of rotatable bonds is 3. The Balaban J connectivity index is 1.93. The molecule has 0 aliphatic carbocycles. The van der Waals surface area contributed by atoms with Gasteiger partial charge in [0.05, 0.1) is 11.8 Å². The van der Waals surface area contributed by atoms with Crippen LogP contribution in [0.1, 0.15) is 21.5 Å². The van der Waals surface area contributed by atoms with Gasteiger partial charge in [0.15, 0.2) is 0 Å². The quantitative estimate of drug-likeness (QED) is 0.852. The molecule has 2 rings (SSSR count). The van der Waals surface area contributed by atoms with Crippen LogP contribution in [0.15, 0.2) is 41.2 Å². The van der Waals surface area contributed by atoms with Crippen molar-refractivity contribution in [2.24, 2.45) is 0 Å². The summed E-state index contributed by atoms with van der Waals surface area (Å²) < 4.78 is 4.59. The molecule has 0 radical (unpaired) electrons. The molecule has 0 unspecified atom stereocenters. The first-order valence-electron chi connectivity index (χ1n) is 4.99. The van der Waals surface area contributed by atoms with Crippen molar-refractivity contribution in [2.45, 2.75) is 13.5 Å². The number of nitrogens with one attached hydrogen (secondary N) is 1. The molecule has 2 aromatic rings. The van der Waals surface area contributed by atoms with E-state index < -0.39 is 0 Å². The molecule has 0 spiro atoms. The largest absolute Gasteiger partial charge is 0.364 e. The van der Waals surface area contributed by atoms with Gasteiger partial charge in [-0.2, -0.15) is 0 Å². The van der Waals surface area contributed by atoms with Crippen molar-refractivity contribution in [3.8, 4) is 0 Å². The number of hydrogen-bond acceptors (Lipinski definition) is 3. The van der Waals surface area contributed by atoms with E-state index in [1.54, 1.807) is 0 Å². The number of carbonyl (C=O) groups is 1. The zero-order chi connectivity index (χ0) is 11.4. The molecule has 0 aliphatic rings. The van der Waals surface area contributed by atoms with Crippen LogP contribution in [-0.2, 0) is 6.54 Å². The average Bonchev–Trinajstić information content (AvgIpc) is 2.81. The fourth-order valence-electron chi connectivity index (χ4n) is 1.31. The lowest BCUT2D eigenvalue weighted by atomic mass is 10.1. The minimum absolute atomic E-state index is 0.179. The van der Waals surface area contributed by atoms with Gasteiger partial charge in [0.25, 0.3) is 5.91 Å². The number of amides is 1. The van der Waals surface area contributed by atoms with E-state index in [0.29, 0.717) is 12.1 Å². The molecule has 16 heavy (non-hydrogen) atoms.